The first-order valence-electron chi connectivity index (χ1n) is 7.72. The number of hydrogen-bond acceptors (Lipinski definition) is 7. The topological polar surface area (TPSA) is 116 Å². The van der Waals surface area contributed by atoms with Crippen LogP contribution in [0.25, 0.3) is 0 Å². The summed E-state index contributed by atoms with van der Waals surface area (Å²) in [5, 5.41) is 21.3. The standard InChI is InChI=1S/C16H18N2O6S2/c1-24-10-2-4-11(5-3-10)26(22,23)18-9-14(19)12-6-7-25-15(12)8-13(18)16(20)17-21/h2-7,13-14,19,21H,8-9H2,1H3,(H,17,20)/t13-,14+/m0/s1. The van der Waals surface area contributed by atoms with Crippen LogP contribution in [0.4, 0.5) is 0 Å². The maximum atomic E-state index is 13.1. The van der Waals surface area contributed by atoms with Gasteiger partial charge in [0, 0.05) is 17.8 Å². The number of carbonyl (C=O) groups excluding carboxylic acids is 1. The molecule has 1 aromatic heterocycles. The number of nitrogens with one attached hydrogen (secondary N) is 1. The molecule has 2 atom stereocenters. The molecule has 3 N–H and O–H groups in total. The summed E-state index contributed by atoms with van der Waals surface area (Å²) < 4.78 is 32.2. The van der Waals surface area contributed by atoms with Gasteiger partial charge in [0.25, 0.3) is 5.91 Å². The second kappa shape index (κ2) is 7.33. The third-order valence-electron chi connectivity index (χ3n) is 4.30. The Balaban J connectivity index is 2.04. The lowest BCUT2D eigenvalue weighted by Crippen LogP contribution is -2.50. The van der Waals surface area contributed by atoms with Gasteiger partial charge in [-0.2, -0.15) is 4.31 Å². The highest BCUT2D eigenvalue weighted by Gasteiger charge is 2.40. The molecule has 1 amide bonds. The molecule has 0 unspecified atom stereocenters. The summed E-state index contributed by atoms with van der Waals surface area (Å²) in [5.41, 5.74) is 2.13. The van der Waals surface area contributed by atoms with Crippen molar-refractivity contribution >= 4 is 27.3 Å². The maximum absolute atomic E-state index is 13.1. The first-order valence-corrected chi connectivity index (χ1v) is 10.0. The number of amides is 1. The molecular formula is C16H18N2O6S2. The van der Waals surface area contributed by atoms with Crippen LogP contribution in [-0.4, -0.2) is 48.6 Å². The number of aliphatic hydroxyl groups is 1. The third kappa shape index (κ3) is 3.33. The van der Waals surface area contributed by atoms with Gasteiger partial charge in [0.05, 0.1) is 18.1 Å². The lowest BCUT2D eigenvalue weighted by molar-refractivity contribution is -0.133. The molecule has 0 fully saturated rings. The van der Waals surface area contributed by atoms with E-state index in [9.17, 15) is 18.3 Å². The number of benzene rings is 1. The van der Waals surface area contributed by atoms with Crippen LogP contribution in [0.1, 0.15) is 16.5 Å². The summed E-state index contributed by atoms with van der Waals surface area (Å²) in [5.74, 6) is -0.359. The Morgan fingerprint density at radius 3 is 2.62 bits per heavy atom. The summed E-state index contributed by atoms with van der Waals surface area (Å²) in [6, 6.07) is 6.27. The van der Waals surface area contributed by atoms with E-state index in [2.05, 4.69) is 0 Å². The molecule has 0 aliphatic carbocycles. The zero-order valence-electron chi connectivity index (χ0n) is 13.8. The average Bonchev–Trinajstić information content (AvgIpc) is 3.06. The average molecular weight is 398 g/mol. The second-order valence-electron chi connectivity index (χ2n) is 5.76. The Labute approximate surface area is 154 Å². The van der Waals surface area contributed by atoms with E-state index in [1.54, 1.807) is 11.4 Å². The number of rotatable bonds is 4. The van der Waals surface area contributed by atoms with Crippen molar-refractivity contribution in [3.05, 3.63) is 46.2 Å². The molecule has 0 saturated heterocycles. The molecule has 140 valence electrons. The number of β-amino-alcohol motifs (C(OH)–C–C–N with tert-alkyl or cyclic N) is 1. The van der Waals surface area contributed by atoms with Gasteiger partial charge < -0.3 is 9.84 Å². The van der Waals surface area contributed by atoms with Gasteiger partial charge >= 0.3 is 0 Å². The van der Waals surface area contributed by atoms with Crippen LogP contribution in [0.3, 0.4) is 0 Å². The van der Waals surface area contributed by atoms with E-state index in [1.807, 2.05) is 0 Å². The normalized spacial score (nSPS) is 20.9. The first-order chi connectivity index (χ1) is 12.4. The number of sulfonamides is 1. The number of ether oxygens (including phenoxy) is 1. The van der Waals surface area contributed by atoms with Crippen LogP contribution >= 0.6 is 11.3 Å². The molecule has 26 heavy (non-hydrogen) atoms. The van der Waals surface area contributed by atoms with E-state index in [1.165, 1.54) is 48.2 Å². The van der Waals surface area contributed by atoms with Gasteiger partial charge in [-0.1, -0.05) is 0 Å². The monoisotopic (exact) mass is 398 g/mol. The Kier molecular flexibility index (Phi) is 5.30. The highest BCUT2D eigenvalue weighted by molar-refractivity contribution is 7.89. The van der Waals surface area contributed by atoms with E-state index in [4.69, 9.17) is 9.94 Å². The number of methoxy groups -OCH3 is 1. The van der Waals surface area contributed by atoms with Gasteiger partial charge in [0.1, 0.15) is 11.8 Å². The Hall–Kier alpha value is -1.98. The van der Waals surface area contributed by atoms with E-state index in [0.717, 1.165) is 4.31 Å². The number of fused-ring (bicyclic) bond motifs is 1. The van der Waals surface area contributed by atoms with Gasteiger partial charge in [-0.05, 0) is 41.3 Å². The summed E-state index contributed by atoms with van der Waals surface area (Å²) in [6.45, 7) is -0.295. The van der Waals surface area contributed by atoms with Crippen molar-refractivity contribution in [3.63, 3.8) is 0 Å². The molecule has 0 saturated carbocycles. The molecule has 0 bridgehead atoms. The molecule has 1 aliphatic rings. The fraction of sp³-hybridized carbons (Fsp3) is 0.312. The predicted molar refractivity (Wildman–Crippen MR) is 93.6 cm³/mol. The fourth-order valence-corrected chi connectivity index (χ4v) is 5.50. The summed E-state index contributed by atoms with van der Waals surface area (Å²) in [4.78, 5) is 12.9. The molecule has 0 radical (unpaired) electrons. The van der Waals surface area contributed by atoms with Crippen molar-refractivity contribution in [3.8, 4) is 5.75 Å². The van der Waals surface area contributed by atoms with E-state index in [-0.39, 0.29) is 17.9 Å². The molecule has 1 aliphatic heterocycles. The minimum Gasteiger partial charge on any atom is -0.497 e. The zero-order valence-corrected chi connectivity index (χ0v) is 15.5. The minimum atomic E-state index is -4.09. The van der Waals surface area contributed by atoms with Crippen molar-refractivity contribution < 1.29 is 28.3 Å². The Bertz CT molecular complexity index is 894. The quantitative estimate of drug-likeness (QED) is 0.521. The zero-order chi connectivity index (χ0) is 18.9. The number of hydroxylamine groups is 1. The minimum absolute atomic E-state index is 0.0357. The van der Waals surface area contributed by atoms with Crippen LogP contribution in [0, 0.1) is 0 Å². The number of nitrogens with zero attached hydrogens (tertiary/aromatic N) is 1. The smallest absolute Gasteiger partial charge is 0.262 e. The lowest BCUT2D eigenvalue weighted by atomic mass is 10.1. The summed E-state index contributed by atoms with van der Waals surface area (Å²) in [6.07, 6.45) is -1.01. The van der Waals surface area contributed by atoms with Gasteiger partial charge in [-0.15, -0.1) is 11.3 Å². The Morgan fingerprint density at radius 2 is 2.00 bits per heavy atom. The van der Waals surface area contributed by atoms with Gasteiger partial charge in [0.15, 0.2) is 0 Å². The van der Waals surface area contributed by atoms with Crippen molar-refractivity contribution in [2.75, 3.05) is 13.7 Å². The largest absolute Gasteiger partial charge is 0.497 e. The molecule has 10 heteroatoms. The second-order valence-corrected chi connectivity index (χ2v) is 8.65. The molecule has 8 nitrogen and oxygen atoms in total. The molecule has 2 heterocycles. The predicted octanol–water partition coefficient (Wildman–Crippen LogP) is 0.911. The van der Waals surface area contributed by atoms with Crippen molar-refractivity contribution in [1.29, 1.82) is 0 Å². The third-order valence-corrected chi connectivity index (χ3v) is 7.14. The van der Waals surface area contributed by atoms with E-state index in [0.29, 0.717) is 16.2 Å². The van der Waals surface area contributed by atoms with Crippen LogP contribution in [0.2, 0.25) is 0 Å². The summed E-state index contributed by atoms with van der Waals surface area (Å²) >= 11 is 1.33. The van der Waals surface area contributed by atoms with Gasteiger partial charge in [0.2, 0.25) is 10.0 Å². The van der Waals surface area contributed by atoms with Crippen molar-refractivity contribution in [2.45, 2.75) is 23.5 Å². The molecule has 3 rings (SSSR count). The van der Waals surface area contributed by atoms with Crippen LogP contribution in [-0.2, 0) is 21.2 Å². The van der Waals surface area contributed by atoms with Crippen LogP contribution in [0.15, 0.2) is 40.6 Å². The van der Waals surface area contributed by atoms with Crippen LogP contribution in [0.5, 0.6) is 5.75 Å². The van der Waals surface area contributed by atoms with E-state index < -0.39 is 28.1 Å². The summed E-state index contributed by atoms with van der Waals surface area (Å²) in [7, 11) is -2.63. The van der Waals surface area contributed by atoms with Gasteiger partial charge in [-0.25, -0.2) is 13.9 Å². The number of thiophene rings is 1. The first kappa shape index (κ1) is 18.8. The Morgan fingerprint density at radius 1 is 1.31 bits per heavy atom. The molecule has 2 aromatic rings. The maximum Gasteiger partial charge on any atom is 0.262 e. The highest BCUT2D eigenvalue weighted by atomic mass is 32.2. The highest BCUT2D eigenvalue weighted by Crippen LogP contribution is 2.33. The molecular weight excluding hydrogens is 380 g/mol. The number of carbonyl (C=O) groups is 1. The molecule has 0 spiro atoms. The van der Waals surface area contributed by atoms with E-state index >= 15 is 0 Å². The van der Waals surface area contributed by atoms with Crippen LogP contribution < -0.4 is 10.2 Å². The van der Waals surface area contributed by atoms with Gasteiger partial charge in [-0.3, -0.25) is 10.0 Å². The van der Waals surface area contributed by atoms with Crippen molar-refractivity contribution in [1.82, 2.24) is 9.79 Å². The molecule has 1 aromatic carbocycles. The number of hydrogen-bond donors (Lipinski definition) is 3. The lowest BCUT2D eigenvalue weighted by Gasteiger charge is -2.28. The van der Waals surface area contributed by atoms with Crippen molar-refractivity contribution in [2.24, 2.45) is 0 Å². The number of aliphatic hydroxyl groups excluding tert-OH is 1. The SMILES string of the molecule is COc1ccc(S(=O)(=O)N2C[C@@H](O)c3ccsc3C[C@H]2C(=O)NO)cc1. The fourth-order valence-electron chi connectivity index (χ4n) is 2.93.